The quantitative estimate of drug-likeness (QED) is 0.512. The summed E-state index contributed by atoms with van der Waals surface area (Å²) in [7, 11) is 2.72. The van der Waals surface area contributed by atoms with Gasteiger partial charge in [-0.25, -0.2) is 4.79 Å². The standard InChI is InChI=1S/C19H18F2O6/c1-11(22)12-4-6-15(24-2)14(8-12)10-26-18(23)13-5-7-16(27-19(20)21)17(9-13)25-3/h4-9,19H,10H2,1-3H3. The summed E-state index contributed by atoms with van der Waals surface area (Å²) >= 11 is 0. The van der Waals surface area contributed by atoms with E-state index in [2.05, 4.69) is 4.74 Å². The molecule has 0 saturated carbocycles. The van der Waals surface area contributed by atoms with Crippen LogP contribution < -0.4 is 14.2 Å². The van der Waals surface area contributed by atoms with Crippen LogP contribution in [0.1, 0.15) is 33.2 Å². The van der Waals surface area contributed by atoms with Gasteiger partial charge in [0.05, 0.1) is 19.8 Å². The van der Waals surface area contributed by atoms with Gasteiger partial charge in [-0.3, -0.25) is 4.79 Å². The summed E-state index contributed by atoms with van der Waals surface area (Å²) < 4.78 is 44.4. The fourth-order valence-electron chi connectivity index (χ4n) is 2.32. The summed E-state index contributed by atoms with van der Waals surface area (Å²) in [6, 6.07) is 8.51. The van der Waals surface area contributed by atoms with Crippen LogP contribution in [0, 0.1) is 0 Å². The number of alkyl halides is 2. The zero-order chi connectivity index (χ0) is 20.0. The molecule has 8 heteroatoms. The first-order chi connectivity index (χ1) is 12.8. The molecule has 0 unspecified atom stereocenters. The molecule has 0 aliphatic carbocycles. The smallest absolute Gasteiger partial charge is 0.387 e. The SMILES string of the molecule is COc1ccc(C(C)=O)cc1COC(=O)c1ccc(OC(F)F)c(OC)c1. The van der Waals surface area contributed by atoms with E-state index in [0.717, 1.165) is 0 Å². The van der Waals surface area contributed by atoms with Gasteiger partial charge in [0.25, 0.3) is 0 Å². The van der Waals surface area contributed by atoms with E-state index in [-0.39, 0.29) is 29.5 Å². The van der Waals surface area contributed by atoms with Crippen molar-refractivity contribution in [2.24, 2.45) is 0 Å². The summed E-state index contributed by atoms with van der Waals surface area (Å²) in [5.74, 6) is -0.594. The zero-order valence-electron chi connectivity index (χ0n) is 15.0. The molecule has 0 N–H and O–H groups in total. The second kappa shape index (κ2) is 8.98. The number of carbonyl (C=O) groups is 2. The van der Waals surface area contributed by atoms with Crippen LogP contribution >= 0.6 is 0 Å². The lowest BCUT2D eigenvalue weighted by atomic mass is 10.1. The van der Waals surface area contributed by atoms with Crippen LogP contribution in [0.15, 0.2) is 36.4 Å². The Morgan fingerprint density at radius 1 is 0.926 bits per heavy atom. The van der Waals surface area contributed by atoms with Crippen LogP contribution in [-0.4, -0.2) is 32.6 Å². The van der Waals surface area contributed by atoms with Crippen LogP contribution in [0.3, 0.4) is 0 Å². The molecule has 0 heterocycles. The van der Waals surface area contributed by atoms with E-state index < -0.39 is 12.6 Å². The van der Waals surface area contributed by atoms with Gasteiger partial charge in [-0.15, -0.1) is 0 Å². The monoisotopic (exact) mass is 380 g/mol. The van der Waals surface area contributed by atoms with E-state index in [0.29, 0.717) is 16.9 Å². The molecule has 0 bridgehead atoms. The van der Waals surface area contributed by atoms with Crippen molar-refractivity contribution in [1.29, 1.82) is 0 Å². The van der Waals surface area contributed by atoms with Gasteiger partial charge in [0, 0.05) is 11.1 Å². The average molecular weight is 380 g/mol. The third-order valence-electron chi connectivity index (χ3n) is 3.66. The number of rotatable bonds is 8. The molecule has 0 fully saturated rings. The van der Waals surface area contributed by atoms with Crippen molar-refractivity contribution >= 4 is 11.8 Å². The predicted octanol–water partition coefficient (Wildman–Crippen LogP) is 3.86. The Morgan fingerprint density at radius 3 is 2.15 bits per heavy atom. The van der Waals surface area contributed by atoms with Crippen LogP contribution in [0.5, 0.6) is 17.2 Å². The van der Waals surface area contributed by atoms with Gasteiger partial charge in [-0.05, 0) is 43.3 Å². The molecule has 0 aliphatic rings. The number of hydrogen-bond acceptors (Lipinski definition) is 6. The van der Waals surface area contributed by atoms with Gasteiger partial charge < -0.3 is 18.9 Å². The maximum atomic E-state index is 12.4. The van der Waals surface area contributed by atoms with Crippen LogP contribution in [0.2, 0.25) is 0 Å². The summed E-state index contributed by atoms with van der Waals surface area (Å²) in [6.45, 7) is -1.73. The zero-order valence-corrected chi connectivity index (χ0v) is 15.0. The van der Waals surface area contributed by atoms with E-state index in [1.165, 1.54) is 39.3 Å². The minimum atomic E-state index is -3.02. The molecule has 0 radical (unpaired) electrons. The highest BCUT2D eigenvalue weighted by molar-refractivity contribution is 5.94. The van der Waals surface area contributed by atoms with Gasteiger partial charge in [0.1, 0.15) is 12.4 Å². The molecular weight excluding hydrogens is 362 g/mol. The van der Waals surface area contributed by atoms with Gasteiger partial charge in [0.15, 0.2) is 17.3 Å². The average Bonchev–Trinajstić information content (AvgIpc) is 2.65. The van der Waals surface area contributed by atoms with Gasteiger partial charge in [0.2, 0.25) is 0 Å². The number of benzene rings is 2. The molecule has 144 valence electrons. The van der Waals surface area contributed by atoms with Crippen molar-refractivity contribution in [3.8, 4) is 17.2 Å². The number of Topliss-reactive ketones (excluding diaryl/α,β-unsaturated/α-hetero) is 1. The molecule has 6 nitrogen and oxygen atoms in total. The summed E-state index contributed by atoms with van der Waals surface area (Å²) in [5, 5.41) is 0. The normalized spacial score (nSPS) is 10.4. The number of methoxy groups -OCH3 is 2. The van der Waals surface area contributed by atoms with Gasteiger partial charge in [-0.1, -0.05) is 0 Å². The fourth-order valence-corrected chi connectivity index (χ4v) is 2.32. The Hall–Kier alpha value is -3.16. The first kappa shape index (κ1) is 20.2. The van der Waals surface area contributed by atoms with Gasteiger partial charge in [-0.2, -0.15) is 8.78 Å². The van der Waals surface area contributed by atoms with Crippen molar-refractivity contribution in [2.45, 2.75) is 20.1 Å². The third kappa shape index (κ3) is 5.16. The fraction of sp³-hybridized carbons (Fsp3) is 0.263. The lowest BCUT2D eigenvalue weighted by Crippen LogP contribution is -2.08. The molecule has 2 aromatic carbocycles. The number of esters is 1. The molecule has 0 atom stereocenters. The Kier molecular flexibility index (Phi) is 6.70. The molecule has 27 heavy (non-hydrogen) atoms. The van der Waals surface area contributed by atoms with Crippen molar-refractivity contribution in [1.82, 2.24) is 0 Å². The van der Waals surface area contributed by atoms with Crippen LogP contribution in [0.25, 0.3) is 0 Å². The van der Waals surface area contributed by atoms with Crippen molar-refractivity contribution in [3.63, 3.8) is 0 Å². The van der Waals surface area contributed by atoms with Crippen LogP contribution in [0.4, 0.5) is 8.78 Å². The third-order valence-corrected chi connectivity index (χ3v) is 3.66. The van der Waals surface area contributed by atoms with Crippen LogP contribution in [-0.2, 0) is 11.3 Å². The first-order valence-corrected chi connectivity index (χ1v) is 7.83. The minimum absolute atomic E-state index is 0.0269. The van der Waals surface area contributed by atoms with Crippen molar-refractivity contribution in [3.05, 3.63) is 53.1 Å². The lowest BCUT2D eigenvalue weighted by Gasteiger charge is -2.12. The van der Waals surface area contributed by atoms with E-state index in [1.54, 1.807) is 18.2 Å². The number of carbonyl (C=O) groups excluding carboxylic acids is 2. The Balaban J connectivity index is 2.16. The highest BCUT2D eigenvalue weighted by atomic mass is 19.3. The topological polar surface area (TPSA) is 71.1 Å². The summed E-state index contributed by atoms with van der Waals surface area (Å²) in [5.41, 5.74) is 1.07. The molecule has 0 aromatic heterocycles. The van der Waals surface area contributed by atoms with E-state index in [9.17, 15) is 18.4 Å². The number of ketones is 1. The molecule has 2 aromatic rings. The van der Waals surface area contributed by atoms with Crippen molar-refractivity contribution < 1.29 is 37.3 Å². The second-order valence-corrected chi connectivity index (χ2v) is 5.40. The number of hydrogen-bond donors (Lipinski definition) is 0. The van der Waals surface area contributed by atoms with Crippen molar-refractivity contribution in [2.75, 3.05) is 14.2 Å². The van der Waals surface area contributed by atoms with E-state index >= 15 is 0 Å². The summed E-state index contributed by atoms with van der Waals surface area (Å²) in [6.07, 6.45) is 0. The molecular formula is C19H18F2O6. The molecule has 0 amide bonds. The Bertz CT molecular complexity index is 835. The molecule has 0 saturated heterocycles. The molecule has 0 spiro atoms. The largest absolute Gasteiger partial charge is 0.496 e. The van der Waals surface area contributed by atoms with E-state index in [4.69, 9.17) is 14.2 Å². The minimum Gasteiger partial charge on any atom is -0.496 e. The highest BCUT2D eigenvalue weighted by Gasteiger charge is 2.16. The molecule has 0 aliphatic heterocycles. The molecule has 2 rings (SSSR count). The highest BCUT2D eigenvalue weighted by Crippen LogP contribution is 2.30. The summed E-state index contributed by atoms with van der Waals surface area (Å²) in [4.78, 5) is 23.8. The predicted molar refractivity (Wildman–Crippen MR) is 91.7 cm³/mol. The second-order valence-electron chi connectivity index (χ2n) is 5.40. The Labute approximate surface area is 154 Å². The lowest BCUT2D eigenvalue weighted by molar-refractivity contribution is -0.0512. The Morgan fingerprint density at radius 2 is 1.56 bits per heavy atom. The van der Waals surface area contributed by atoms with Gasteiger partial charge >= 0.3 is 12.6 Å². The maximum Gasteiger partial charge on any atom is 0.387 e. The number of halogens is 2. The maximum absolute atomic E-state index is 12.4. The number of ether oxygens (including phenoxy) is 4. The first-order valence-electron chi connectivity index (χ1n) is 7.83. The van der Waals surface area contributed by atoms with E-state index in [1.807, 2.05) is 0 Å².